The lowest BCUT2D eigenvalue weighted by molar-refractivity contribution is 0.414. The van der Waals surface area contributed by atoms with Gasteiger partial charge < -0.3 is 38.5 Å². The number of rotatable bonds is 19. The van der Waals surface area contributed by atoms with Gasteiger partial charge in [0.1, 0.15) is 23.0 Å². The smallest absolute Gasteiger partial charge is 0.119 e. The summed E-state index contributed by atoms with van der Waals surface area (Å²) in [6.45, 7) is 0. The first kappa shape index (κ1) is 53.7. The summed E-state index contributed by atoms with van der Waals surface area (Å²) in [6, 6.07) is 106. The average molecular weight is 1100 g/mol. The normalized spacial score (nSPS) is 10.9. The van der Waals surface area contributed by atoms with Crippen molar-refractivity contribution < 1.29 is 18.9 Å². The van der Waals surface area contributed by atoms with E-state index < -0.39 is 0 Å². The Hall–Kier alpha value is -11.0. The molecule has 12 aromatic rings. The third-order valence-electron chi connectivity index (χ3n) is 15.1. The summed E-state index contributed by atoms with van der Waals surface area (Å²) in [5.41, 5.74) is 19.3. The Labute approximate surface area is 492 Å². The molecule has 0 aromatic heterocycles. The first-order valence-electron chi connectivity index (χ1n) is 27.9. The molecule has 0 fully saturated rings. The molecule has 0 radical (unpaired) electrons. The molecule has 0 spiro atoms. The molecule has 8 nitrogen and oxygen atoms in total. The van der Waals surface area contributed by atoms with Crippen LogP contribution in [0.1, 0.15) is 0 Å². The molecule has 0 saturated carbocycles. The van der Waals surface area contributed by atoms with Crippen LogP contribution in [0.3, 0.4) is 0 Å². The Bertz CT molecular complexity index is 3670. The van der Waals surface area contributed by atoms with Crippen molar-refractivity contribution in [2.75, 3.05) is 48.0 Å². The fraction of sp³-hybridized carbons (Fsp3) is 0.0526. The summed E-state index contributed by atoms with van der Waals surface area (Å²) in [6.07, 6.45) is 0. The zero-order valence-electron chi connectivity index (χ0n) is 47.3. The van der Waals surface area contributed by atoms with Crippen LogP contribution < -0.4 is 38.5 Å². The van der Waals surface area contributed by atoms with E-state index in [1.54, 1.807) is 28.4 Å². The zero-order chi connectivity index (χ0) is 57.2. The van der Waals surface area contributed by atoms with Gasteiger partial charge in [0.05, 0.1) is 28.4 Å². The van der Waals surface area contributed by atoms with Crippen LogP contribution in [-0.2, 0) is 0 Å². The predicted octanol–water partition coefficient (Wildman–Crippen LogP) is 20.6. The molecule has 84 heavy (non-hydrogen) atoms. The summed E-state index contributed by atoms with van der Waals surface area (Å²) < 4.78 is 21.9. The molecule has 0 aliphatic rings. The molecule has 12 rings (SSSR count). The maximum atomic E-state index is 5.47. The Kier molecular flexibility index (Phi) is 15.9. The number of methoxy groups -OCH3 is 4. The van der Waals surface area contributed by atoms with E-state index in [0.717, 1.165) is 125 Å². The van der Waals surface area contributed by atoms with E-state index in [-0.39, 0.29) is 0 Å². The first-order valence-corrected chi connectivity index (χ1v) is 27.9. The van der Waals surface area contributed by atoms with Crippen LogP contribution in [0.4, 0.5) is 68.2 Å². The van der Waals surface area contributed by atoms with Gasteiger partial charge in [0.15, 0.2) is 0 Å². The van der Waals surface area contributed by atoms with Gasteiger partial charge in [-0.25, -0.2) is 0 Å². The van der Waals surface area contributed by atoms with Crippen molar-refractivity contribution >= 4 is 68.2 Å². The molecule has 0 aliphatic heterocycles. The second kappa shape index (κ2) is 24.8. The van der Waals surface area contributed by atoms with E-state index in [1.807, 2.05) is 48.5 Å². The van der Waals surface area contributed by atoms with Gasteiger partial charge in [-0.1, -0.05) is 109 Å². The lowest BCUT2D eigenvalue weighted by Gasteiger charge is -2.27. The summed E-state index contributed by atoms with van der Waals surface area (Å²) >= 11 is 0. The van der Waals surface area contributed by atoms with Gasteiger partial charge in [-0.3, -0.25) is 0 Å². The minimum atomic E-state index is 0.810. The van der Waals surface area contributed by atoms with Crippen LogP contribution in [0.2, 0.25) is 0 Å². The predicted molar refractivity (Wildman–Crippen MR) is 348 cm³/mol. The van der Waals surface area contributed by atoms with Crippen LogP contribution in [0.25, 0.3) is 33.4 Å². The van der Waals surface area contributed by atoms with Crippen molar-refractivity contribution in [3.63, 3.8) is 0 Å². The Balaban J connectivity index is 0.767. The van der Waals surface area contributed by atoms with Gasteiger partial charge in [-0.05, 0) is 228 Å². The van der Waals surface area contributed by atoms with Crippen LogP contribution in [0.15, 0.2) is 303 Å². The lowest BCUT2D eigenvalue weighted by Crippen LogP contribution is -2.10. The number of ether oxygens (including phenoxy) is 4. The topological polar surface area (TPSA) is 49.9 Å². The fourth-order valence-corrected chi connectivity index (χ4v) is 10.7. The monoisotopic (exact) mass is 1090 g/mol. The van der Waals surface area contributed by atoms with E-state index in [4.69, 9.17) is 18.9 Å². The summed E-state index contributed by atoms with van der Waals surface area (Å²) in [4.78, 5) is 9.08. The molecule has 0 heterocycles. The number of benzene rings is 12. The number of para-hydroxylation sites is 2. The van der Waals surface area contributed by atoms with E-state index in [9.17, 15) is 0 Å². The average Bonchev–Trinajstić information content (AvgIpc) is 3.74. The molecule has 0 unspecified atom stereocenters. The van der Waals surface area contributed by atoms with Gasteiger partial charge in [0.25, 0.3) is 0 Å². The quantitative estimate of drug-likeness (QED) is 0.0794. The second-order valence-corrected chi connectivity index (χ2v) is 20.1. The highest BCUT2D eigenvalue weighted by Crippen LogP contribution is 2.42. The molecular formula is C76H62N4O4. The highest BCUT2D eigenvalue weighted by molar-refractivity contribution is 5.85. The maximum Gasteiger partial charge on any atom is 0.119 e. The Morgan fingerprint density at radius 2 is 0.286 bits per heavy atom. The summed E-state index contributed by atoms with van der Waals surface area (Å²) in [5.74, 6) is 3.24. The Morgan fingerprint density at radius 1 is 0.155 bits per heavy atom. The molecule has 0 aliphatic carbocycles. The highest BCUT2D eigenvalue weighted by Gasteiger charge is 2.19. The number of anilines is 12. The second-order valence-electron chi connectivity index (χ2n) is 20.1. The standard InChI is InChI=1S/C76H62N4O4/c1-81-73-47-39-69(40-48-73)79(70-41-49-74(82-2)50-42-70)67-35-23-59(24-36-67)57-19-31-65(32-20-57)77(61-11-7-5-8-12-61)63-27-15-55(16-28-63)56-17-29-64(30-18-56)78(62-13-9-6-10-14-62)66-33-21-58(22-34-66)60-25-37-68(38-26-60)80(71-43-51-75(83-3)52-44-71)72-45-53-76(84-4)54-46-72/h5-54H,1-4H3. The van der Waals surface area contributed by atoms with E-state index in [1.165, 1.54) is 0 Å². The molecule has 0 amide bonds. The molecule has 0 saturated heterocycles. The molecule has 12 aromatic carbocycles. The Morgan fingerprint density at radius 3 is 0.429 bits per heavy atom. The van der Waals surface area contributed by atoms with Gasteiger partial charge >= 0.3 is 0 Å². The van der Waals surface area contributed by atoms with Crippen molar-refractivity contribution in [3.8, 4) is 56.4 Å². The fourth-order valence-electron chi connectivity index (χ4n) is 10.7. The summed E-state index contributed by atoms with van der Waals surface area (Å²) in [7, 11) is 6.74. The SMILES string of the molecule is COc1ccc(N(c2ccc(OC)cc2)c2ccc(-c3ccc(N(c4ccccc4)c4ccc(-c5ccc(N(c6ccccc6)c6ccc(-c7ccc(N(c8ccc(OC)cc8)c8ccc(OC)cc8)cc7)cc6)cc5)cc4)cc3)cc2)cc1. The summed E-state index contributed by atoms with van der Waals surface area (Å²) in [5, 5.41) is 0. The van der Waals surface area contributed by atoms with Crippen molar-refractivity contribution in [2.45, 2.75) is 0 Å². The van der Waals surface area contributed by atoms with Crippen molar-refractivity contribution in [2.24, 2.45) is 0 Å². The van der Waals surface area contributed by atoms with Crippen LogP contribution in [0.5, 0.6) is 23.0 Å². The van der Waals surface area contributed by atoms with Gasteiger partial charge in [-0.2, -0.15) is 0 Å². The van der Waals surface area contributed by atoms with Crippen LogP contribution in [-0.4, -0.2) is 28.4 Å². The van der Waals surface area contributed by atoms with Crippen molar-refractivity contribution in [3.05, 3.63) is 303 Å². The van der Waals surface area contributed by atoms with Gasteiger partial charge in [0.2, 0.25) is 0 Å². The van der Waals surface area contributed by atoms with E-state index in [0.29, 0.717) is 0 Å². The highest BCUT2D eigenvalue weighted by atomic mass is 16.5. The minimum absolute atomic E-state index is 0.810. The van der Waals surface area contributed by atoms with E-state index >= 15 is 0 Å². The lowest BCUT2D eigenvalue weighted by atomic mass is 10.0. The molecular weight excluding hydrogens is 1030 g/mol. The molecule has 410 valence electrons. The van der Waals surface area contributed by atoms with Crippen molar-refractivity contribution in [1.82, 2.24) is 0 Å². The largest absolute Gasteiger partial charge is 0.497 e. The zero-order valence-corrected chi connectivity index (χ0v) is 47.3. The molecule has 8 heteroatoms. The van der Waals surface area contributed by atoms with Crippen LogP contribution in [0, 0.1) is 0 Å². The first-order chi connectivity index (χ1) is 41.4. The van der Waals surface area contributed by atoms with Crippen molar-refractivity contribution in [1.29, 1.82) is 0 Å². The van der Waals surface area contributed by atoms with E-state index in [2.05, 4.69) is 274 Å². The minimum Gasteiger partial charge on any atom is -0.497 e. The van der Waals surface area contributed by atoms with Gasteiger partial charge in [-0.15, -0.1) is 0 Å². The van der Waals surface area contributed by atoms with Crippen LogP contribution >= 0.6 is 0 Å². The maximum absolute atomic E-state index is 5.47. The molecule has 0 N–H and O–H groups in total. The third kappa shape index (κ3) is 11.6. The van der Waals surface area contributed by atoms with Gasteiger partial charge in [0, 0.05) is 68.2 Å². The number of hydrogen-bond donors (Lipinski definition) is 0. The third-order valence-corrected chi connectivity index (χ3v) is 15.1. The molecule has 0 bridgehead atoms. The molecule has 0 atom stereocenters. The number of hydrogen-bond acceptors (Lipinski definition) is 8. The number of nitrogens with zero attached hydrogens (tertiary/aromatic N) is 4.